The number of amides is 1. The van der Waals surface area contributed by atoms with Gasteiger partial charge in [0.1, 0.15) is 17.1 Å². The molecule has 0 saturated carbocycles. The molecule has 2 atom stereocenters. The number of rotatable bonds is 5. The first-order chi connectivity index (χ1) is 15.3. The van der Waals surface area contributed by atoms with Crippen molar-refractivity contribution in [3.8, 4) is 5.75 Å². The van der Waals surface area contributed by atoms with Gasteiger partial charge in [-0.15, -0.1) is 0 Å². The number of nitrogens with one attached hydrogen (secondary N) is 2. The summed E-state index contributed by atoms with van der Waals surface area (Å²) in [6.45, 7) is 4.29. The first-order valence-corrected chi connectivity index (χ1v) is 10.3. The third kappa shape index (κ3) is 4.42. The highest BCUT2D eigenvalue weighted by atomic mass is 19.4. The Bertz CT molecular complexity index is 1090. The molecule has 9 heteroatoms. The van der Waals surface area contributed by atoms with Crippen molar-refractivity contribution >= 4 is 17.4 Å². The van der Waals surface area contributed by atoms with Crippen molar-refractivity contribution in [3.63, 3.8) is 0 Å². The molecule has 0 spiro atoms. The van der Waals surface area contributed by atoms with E-state index in [0.29, 0.717) is 18.0 Å². The molecule has 2 heterocycles. The number of anilines is 2. The fourth-order valence-electron chi connectivity index (χ4n) is 3.75. The smallest absolute Gasteiger partial charge is 0.410 e. The van der Waals surface area contributed by atoms with Crippen molar-refractivity contribution in [3.05, 3.63) is 71.4 Å². The summed E-state index contributed by atoms with van der Waals surface area (Å²) in [4.78, 5) is 12.9. The molecule has 2 N–H and O–H groups in total. The van der Waals surface area contributed by atoms with E-state index in [4.69, 9.17) is 4.74 Å². The van der Waals surface area contributed by atoms with Gasteiger partial charge in [-0.2, -0.15) is 18.3 Å². The minimum absolute atomic E-state index is 0.0462. The number of nitrogens with zero attached hydrogens (tertiary/aromatic N) is 2. The molecule has 1 amide bonds. The van der Waals surface area contributed by atoms with E-state index in [9.17, 15) is 18.0 Å². The van der Waals surface area contributed by atoms with Crippen LogP contribution in [0.15, 0.2) is 54.7 Å². The van der Waals surface area contributed by atoms with Crippen LogP contribution in [0.3, 0.4) is 0 Å². The molecule has 2 aromatic carbocycles. The Morgan fingerprint density at radius 2 is 1.88 bits per heavy atom. The number of carbonyl (C=O) groups is 1. The van der Waals surface area contributed by atoms with Gasteiger partial charge in [0.25, 0.3) is 5.91 Å². The van der Waals surface area contributed by atoms with Crippen molar-refractivity contribution in [2.45, 2.75) is 38.5 Å². The summed E-state index contributed by atoms with van der Waals surface area (Å²) >= 11 is 0. The van der Waals surface area contributed by atoms with Crippen molar-refractivity contribution in [2.24, 2.45) is 0 Å². The van der Waals surface area contributed by atoms with Crippen LogP contribution in [0.4, 0.5) is 24.7 Å². The second-order valence-corrected chi connectivity index (χ2v) is 7.66. The van der Waals surface area contributed by atoms with Crippen LogP contribution in [-0.4, -0.2) is 28.5 Å². The number of aromatic nitrogens is 2. The van der Waals surface area contributed by atoms with Crippen LogP contribution in [0.1, 0.15) is 46.9 Å². The van der Waals surface area contributed by atoms with Gasteiger partial charge in [-0.1, -0.05) is 29.8 Å². The average molecular weight is 444 g/mol. The maximum Gasteiger partial charge on any atom is 0.410 e. The molecule has 1 aliphatic heterocycles. The van der Waals surface area contributed by atoms with E-state index >= 15 is 0 Å². The number of alkyl halides is 3. The first-order valence-electron chi connectivity index (χ1n) is 10.3. The highest BCUT2D eigenvalue weighted by molar-refractivity contribution is 6.07. The standard InChI is InChI=1S/C23H23F3N4O2/c1-3-32-17-10-8-16(9-11-17)28-22(31)18-13-27-30-20(23(24,25)26)12-19(29-21(18)30)15-6-4-14(2)5-7-15/h4-11,13,19-20,29H,3,12H2,1-2H3,(H,28,31)/t19-,20-/m0/s1. The van der Waals surface area contributed by atoms with Crippen molar-refractivity contribution in [1.29, 1.82) is 0 Å². The van der Waals surface area contributed by atoms with Crippen LogP contribution in [-0.2, 0) is 0 Å². The molecular formula is C23H23F3N4O2. The Morgan fingerprint density at radius 1 is 1.19 bits per heavy atom. The molecule has 6 nitrogen and oxygen atoms in total. The van der Waals surface area contributed by atoms with Crippen molar-refractivity contribution < 1.29 is 22.7 Å². The second-order valence-electron chi connectivity index (χ2n) is 7.66. The number of fused-ring (bicyclic) bond motifs is 1. The Morgan fingerprint density at radius 3 is 2.50 bits per heavy atom. The minimum atomic E-state index is -4.51. The Kier molecular flexibility index (Phi) is 5.82. The lowest BCUT2D eigenvalue weighted by Crippen LogP contribution is -2.36. The van der Waals surface area contributed by atoms with Crippen LogP contribution in [0.25, 0.3) is 0 Å². The molecule has 3 aromatic rings. The SMILES string of the molecule is CCOc1ccc(NC(=O)c2cnn3c2N[C@H](c2ccc(C)cc2)C[C@H]3C(F)(F)F)cc1. The number of halogens is 3. The van der Waals surface area contributed by atoms with Gasteiger partial charge in [0, 0.05) is 12.1 Å². The summed E-state index contributed by atoms with van der Waals surface area (Å²) in [5.74, 6) is 0.157. The third-order valence-electron chi connectivity index (χ3n) is 5.39. The Balaban J connectivity index is 1.62. The average Bonchev–Trinajstić information content (AvgIpc) is 3.18. The lowest BCUT2D eigenvalue weighted by Gasteiger charge is -2.34. The van der Waals surface area contributed by atoms with Crippen LogP contribution < -0.4 is 15.4 Å². The maximum atomic E-state index is 13.8. The van der Waals surface area contributed by atoms with Crippen molar-refractivity contribution in [2.75, 3.05) is 17.2 Å². The fraction of sp³-hybridized carbons (Fsp3) is 0.304. The van der Waals surface area contributed by atoms with E-state index in [1.165, 1.54) is 6.20 Å². The maximum absolute atomic E-state index is 13.8. The fourth-order valence-corrected chi connectivity index (χ4v) is 3.75. The summed E-state index contributed by atoms with van der Waals surface area (Å²) in [6, 6.07) is 11.6. The second kappa shape index (κ2) is 8.57. The van der Waals surface area contributed by atoms with Gasteiger partial charge in [0.15, 0.2) is 6.04 Å². The van der Waals surface area contributed by atoms with Gasteiger partial charge >= 0.3 is 6.18 Å². The highest BCUT2D eigenvalue weighted by Gasteiger charge is 2.47. The highest BCUT2D eigenvalue weighted by Crippen LogP contribution is 2.44. The number of ether oxygens (including phenoxy) is 1. The normalized spacial score (nSPS) is 17.9. The van der Waals surface area contributed by atoms with Crippen molar-refractivity contribution in [1.82, 2.24) is 9.78 Å². The molecule has 0 bridgehead atoms. The lowest BCUT2D eigenvalue weighted by atomic mass is 9.96. The molecule has 0 unspecified atom stereocenters. The molecule has 1 aromatic heterocycles. The van der Waals surface area contributed by atoms with Gasteiger partial charge < -0.3 is 15.4 Å². The predicted octanol–water partition coefficient (Wildman–Crippen LogP) is 5.50. The largest absolute Gasteiger partial charge is 0.494 e. The number of carbonyl (C=O) groups excluding carboxylic acids is 1. The molecule has 4 rings (SSSR count). The molecule has 0 saturated heterocycles. The topological polar surface area (TPSA) is 68.2 Å². The summed E-state index contributed by atoms with van der Waals surface area (Å²) < 4.78 is 47.7. The van der Waals surface area contributed by atoms with Crippen LogP contribution in [0.2, 0.25) is 0 Å². The third-order valence-corrected chi connectivity index (χ3v) is 5.39. The monoisotopic (exact) mass is 444 g/mol. The van der Waals surface area contributed by atoms with E-state index in [-0.39, 0.29) is 17.8 Å². The van der Waals surface area contributed by atoms with Crippen LogP contribution in [0, 0.1) is 6.92 Å². The van der Waals surface area contributed by atoms with Gasteiger partial charge in [-0.3, -0.25) is 4.79 Å². The molecule has 1 aliphatic rings. The zero-order valence-corrected chi connectivity index (χ0v) is 17.6. The molecule has 0 fully saturated rings. The molecule has 168 valence electrons. The Labute approximate surface area is 183 Å². The molecule has 0 radical (unpaired) electrons. The van der Waals surface area contributed by atoms with E-state index in [1.807, 2.05) is 26.0 Å². The Hall–Kier alpha value is -3.49. The van der Waals surface area contributed by atoms with E-state index in [2.05, 4.69) is 15.7 Å². The zero-order valence-electron chi connectivity index (χ0n) is 17.6. The van der Waals surface area contributed by atoms with E-state index in [0.717, 1.165) is 15.8 Å². The number of benzene rings is 2. The van der Waals surface area contributed by atoms with Crippen LogP contribution in [0.5, 0.6) is 5.75 Å². The summed E-state index contributed by atoms with van der Waals surface area (Å²) in [5.41, 5.74) is 2.27. The molecular weight excluding hydrogens is 421 g/mol. The molecule has 32 heavy (non-hydrogen) atoms. The summed E-state index contributed by atoms with van der Waals surface area (Å²) in [7, 11) is 0. The van der Waals surface area contributed by atoms with E-state index < -0.39 is 24.2 Å². The van der Waals surface area contributed by atoms with E-state index in [1.54, 1.807) is 36.4 Å². The minimum Gasteiger partial charge on any atom is -0.494 e. The van der Waals surface area contributed by atoms with Gasteiger partial charge in [-0.05, 0) is 43.7 Å². The number of hydrogen-bond donors (Lipinski definition) is 2. The number of hydrogen-bond acceptors (Lipinski definition) is 4. The van der Waals surface area contributed by atoms with Crippen LogP contribution >= 0.6 is 0 Å². The van der Waals surface area contributed by atoms with Gasteiger partial charge in [-0.25, -0.2) is 4.68 Å². The van der Waals surface area contributed by atoms with Gasteiger partial charge in [0.2, 0.25) is 0 Å². The first kappa shape index (κ1) is 21.7. The number of aryl methyl sites for hydroxylation is 1. The lowest BCUT2D eigenvalue weighted by molar-refractivity contribution is -0.173. The quantitative estimate of drug-likeness (QED) is 0.545. The summed E-state index contributed by atoms with van der Waals surface area (Å²) in [6.07, 6.45) is -3.56. The summed E-state index contributed by atoms with van der Waals surface area (Å²) in [5, 5.41) is 9.71. The predicted molar refractivity (Wildman–Crippen MR) is 115 cm³/mol. The van der Waals surface area contributed by atoms with Gasteiger partial charge in [0.05, 0.1) is 18.8 Å². The molecule has 0 aliphatic carbocycles. The zero-order chi connectivity index (χ0) is 22.9.